The highest BCUT2D eigenvalue weighted by molar-refractivity contribution is 6.00. The Balaban J connectivity index is 1.98. The molecule has 2 heterocycles. The van der Waals surface area contributed by atoms with Crippen LogP contribution in [0.2, 0.25) is 0 Å². The second-order valence-corrected chi connectivity index (χ2v) is 11.9. The van der Waals surface area contributed by atoms with Gasteiger partial charge in [-0.2, -0.15) is 0 Å². The molecule has 4 fully saturated rings. The van der Waals surface area contributed by atoms with Gasteiger partial charge in [-0.25, -0.2) is 0 Å². The Bertz CT molecular complexity index is 983. The molecule has 34 heavy (non-hydrogen) atoms. The molecule has 0 spiro atoms. The standard InChI is InChI=1S/C26H36O8/c1-12-9-16-25(7)15(23(4,5)34-19(29)11-17(25)28)10-18(33-14(3)27)26(16,8)20-22(31)32-13(2)21(30)24(12,20)6/h13,15-18,20,28H,1,9-11H2,2-8H3/t13-,15-,16+,17+,18-,20+,24+,25+,26+/m0/s1. The molecule has 188 valence electrons. The largest absolute Gasteiger partial charge is 0.462 e. The van der Waals surface area contributed by atoms with Gasteiger partial charge in [-0.15, -0.1) is 0 Å². The molecule has 0 aromatic rings. The van der Waals surface area contributed by atoms with Crippen molar-refractivity contribution in [2.24, 2.45) is 34.0 Å². The van der Waals surface area contributed by atoms with Gasteiger partial charge in [0.05, 0.1) is 23.9 Å². The van der Waals surface area contributed by atoms with E-state index in [1.807, 2.05) is 13.8 Å². The van der Waals surface area contributed by atoms with Crippen LogP contribution in [0.4, 0.5) is 0 Å². The summed E-state index contributed by atoms with van der Waals surface area (Å²) in [6.07, 6.45) is -2.31. The minimum atomic E-state index is -1.20. The van der Waals surface area contributed by atoms with Gasteiger partial charge in [0.1, 0.15) is 11.7 Å². The van der Waals surface area contributed by atoms with E-state index in [9.17, 15) is 24.3 Å². The van der Waals surface area contributed by atoms with Crippen LogP contribution in [0.1, 0.15) is 67.7 Å². The zero-order valence-corrected chi connectivity index (χ0v) is 21.1. The summed E-state index contributed by atoms with van der Waals surface area (Å²) < 4.78 is 17.2. The topological polar surface area (TPSA) is 116 Å². The van der Waals surface area contributed by atoms with Gasteiger partial charge in [0.15, 0.2) is 11.9 Å². The summed E-state index contributed by atoms with van der Waals surface area (Å²) in [6.45, 7) is 16.3. The molecule has 0 aromatic heterocycles. The van der Waals surface area contributed by atoms with Gasteiger partial charge in [0, 0.05) is 23.7 Å². The van der Waals surface area contributed by atoms with Crippen LogP contribution >= 0.6 is 0 Å². The lowest BCUT2D eigenvalue weighted by molar-refractivity contribution is -0.255. The number of allylic oxidation sites excluding steroid dienone is 1. The van der Waals surface area contributed by atoms with Crippen LogP contribution in [0.3, 0.4) is 0 Å². The maximum atomic E-state index is 13.5. The first-order chi connectivity index (χ1) is 15.5. The zero-order valence-electron chi connectivity index (χ0n) is 21.1. The van der Waals surface area contributed by atoms with E-state index in [0.717, 1.165) is 0 Å². The van der Waals surface area contributed by atoms with Crippen LogP contribution in [0.5, 0.6) is 0 Å². The van der Waals surface area contributed by atoms with Crippen LogP contribution in [0.25, 0.3) is 0 Å². The van der Waals surface area contributed by atoms with Crippen molar-refractivity contribution < 1.29 is 38.5 Å². The van der Waals surface area contributed by atoms with Gasteiger partial charge in [0.25, 0.3) is 0 Å². The third-order valence-corrected chi connectivity index (χ3v) is 9.79. The third kappa shape index (κ3) is 2.99. The monoisotopic (exact) mass is 476 g/mol. The number of hydrogen-bond acceptors (Lipinski definition) is 8. The molecule has 0 aromatic carbocycles. The molecule has 4 rings (SSSR count). The summed E-state index contributed by atoms with van der Waals surface area (Å²) in [4.78, 5) is 51.8. The van der Waals surface area contributed by atoms with E-state index >= 15 is 0 Å². The summed E-state index contributed by atoms with van der Waals surface area (Å²) in [7, 11) is 0. The molecule has 2 aliphatic carbocycles. The number of ketones is 1. The molecule has 1 N–H and O–H groups in total. The first kappa shape index (κ1) is 24.9. The van der Waals surface area contributed by atoms with Crippen LogP contribution in [0.15, 0.2) is 12.2 Å². The number of rotatable bonds is 1. The van der Waals surface area contributed by atoms with Crippen molar-refractivity contribution in [3.05, 3.63) is 12.2 Å². The molecular formula is C26H36O8. The van der Waals surface area contributed by atoms with Crippen LogP contribution in [0, 0.1) is 34.0 Å². The van der Waals surface area contributed by atoms with E-state index in [4.69, 9.17) is 14.2 Å². The number of carbonyl (C=O) groups excluding carboxylic acids is 4. The number of fused-ring (bicyclic) bond motifs is 5. The van der Waals surface area contributed by atoms with Gasteiger partial charge < -0.3 is 19.3 Å². The molecule has 0 radical (unpaired) electrons. The molecule has 8 heteroatoms. The van der Waals surface area contributed by atoms with E-state index in [2.05, 4.69) is 6.58 Å². The summed E-state index contributed by atoms with van der Waals surface area (Å²) in [6, 6.07) is 0. The minimum absolute atomic E-state index is 0.184. The predicted molar refractivity (Wildman–Crippen MR) is 120 cm³/mol. The second-order valence-electron chi connectivity index (χ2n) is 11.9. The lowest BCUT2D eigenvalue weighted by Crippen LogP contribution is -2.72. The summed E-state index contributed by atoms with van der Waals surface area (Å²) in [5, 5.41) is 11.5. The normalized spacial score (nSPS) is 47.9. The third-order valence-electron chi connectivity index (χ3n) is 9.79. The number of hydrogen-bond donors (Lipinski definition) is 1. The maximum absolute atomic E-state index is 13.5. The van der Waals surface area contributed by atoms with E-state index < -0.39 is 69.9 Å². The SMILES string of the molecule is C=C1C[C@H]2[C@](C)([C@@H](OC(C)=O)C[C@H]3C(C)(C)OC(=O)C[C@@H](O)[C@@]23C)[C@@H]2C(=O)O[C@@H](C)C(=O)[C@]12C. The van der Waals surface area contributed by atoms with Crippen molar-refractivity contribution in [3.63, 3.8) is 0 Å². The van der Waals surface area contributed by atoms with Crippen molar-refractivity contribution in [2.45, 2.75) is 91.6 Å². The molecule has 4 aliphatic rings. The smallest absolute Gasteiger partial charge is 0.311 e. The molecule has 2 saturated carbocycles. The first-order valence-electron chi connectivity index (χ1n) is 12.0. The Hall–Kier alpha value is -2.22. The summed E-state index contributed by atoms with van der Waals surface area (Å²) in [5.74, 6) is -3.53. The van der Waals surface area contributed by atoms with Crippen molar-refractivity contribution in [1.82, 2.24) is 0 Å². The molecular weight excluding hydrogens is 440 g/mol. The molecule has 2 saturated heterocycles. The van der Waals surface area contributed by atoms with Crippen LogP contribution in [-0.4, -0.2) is 52.7 Å². The van der Waals surface area contributed by atoms with Gasteiger partial charge >= 0.3 is 17.9 Å². The van der Waals surface area contributed by atoms with Gasteiger partial charge in [0.2, 0.25) is 0 Å². The Morgan fingerprint density at radius 3 is 2.26 bits per heavy atom. The Morgan fingerprint density at radius 1 is 1.06 bits per heavy atom. The highest BCUT2D eigenvalue weighted by Crippen LogP contribution is 2.71. The molecule has 0 unspecified atom stereocenters. The molecule has 2 aliphatic heterocycles. The van der Waals surface area contributed by atoms with Gasteiger partial charge in [-0.3, -0.25) is 19.2 Å². The molecule has 9 atom stereocenters. The van der Waals surface area contributed by atoms with E-state index in [1.165, 1.54) is 6.92 Å². The average molecular weight is 477 g/mol. The van der Waals surface area contributed by atoms with Gasteiger partial charge in [-0.05, 0) is 46.5 Å². The predicted octanol–water partition coefficient (Wildman–Crippen LogP) is 2.75. The van der Waals surface area contributed by atoms with E-state index in [1.54, 1.807) is 27.7 Å². The summed E-state index contributed by atoms with van der Waals surface area (Å²) in [5.41, 5.74) is -3.50. The number of ether oxygens (including phenoxy) is 3. The highest BCUT2D eigenvalue weighted by atomic mass is 16.6. The number of carbonyl (C=O) groups is 4. The zero-order chi connectivity index (χ0) is 25.6. The Morgan fingerprint density at radius 2 is 1.68 bits per heavy atom. The van der Waals surface area contributed by atoms with Crippen molar-refractivity contribution >= 4 is 23.7 Å². The van der Waals surface area contributed by atoms with Crippen molar-refractivity contribution in [2.75, 3.05) is 0 Å². The van der Waals surface area contributed by atoms with Gasteiger partial charge in [-0.1, -0.05) is 26.0 Å². The molecule has 0 bridgehead atoms. The second kappa shape index (κ2) is 7.39. The van der Waals surface area contributed by atoms with E-state index in [0.29, 0.717) is 12.0 Å². The Kier molecular flexibility index (Phi) is 5.41. The van der Waals surface area contributed by atoms with Crippen molar-refractivity contribution in [3.8, 4) is 0 Å². The molecule has 8 nitrogen and oxygen atoms in total. The van der Waals surface area contributed by atoms with Crippen molar-refractivity contribution in [1.29, 1.82) is 0 Å². The maximum Gasteiger partial charge on any atom is 0.311 e. The first-order valence-corrected chi connectivity index (χ1v) is 12.0. The van der Waals surface area contributed by atoms with Crippen LogP contribution < -0.4 is 0 Å². The quantitative estimate of drug-likeness (QED) is 0.349. The minimum Gasteiger partial charge on any atom is -0.462 e. The number of Topliss-reactive ketones (excluding diaryl/α,β-unsaturated/α-hetero) is 1. The highest BCUT2D eigenvalue weighted by Gasteiger charge is 2.75. The number of cyclic esters (lactones) is 2. The number of aliphatic hydroxyl groups is 1. The average Bonchev–Trinajstić information content (AvgIpc) is 2.75. The fraction of sp³-hybridized carbons (Fsp3) is 0.769. The number of aliphatic hydroxyl groups excluding tert-OH is 1. The Labute approximate surface area is 200 Å². The summed E-state index contributed by atoms with van der Waals surface area (Å²) >= 11 is 0. The lowest BCUT2D eigenvalue weighted by Gasteiger charge is -2.68. The van der Waals surface area contributed by atoms with Crippen LogP contribution in [-0.2, 0) is 33.4 Å². The fourth-order valence-electron chi connectivity index (χ4n) is 8.15. The fourth-order valence-corrected chi connectivity index (χ4v) is 8.15. The van der Waals surface area contributed by atoms with E-state index in [-0.39, 0.29) is 24.5 Å². The lowest BCUT2D eigenvalue weighted by atomic mass is 9.36. The molecule has 0 amide bonds. The number of esters is 3.